The van der Waals surface area contributed by atoms with Gasteiger partial charge in [-0.05, 0) is 30.7 Å². The number of benzene rings is 2. The minimum Gasteiger partial charge on any atom is -0.478 e. The molecule has 0 aliphatic heterocycles. The zero-order valence-electron chi connectivity index (χ0n) is 10.4. The number of hydrogen-bond donors (Lipinski definition) is 1. The molecule has 3 rings (SSSR count). The number of aromatic nitrogens is 2. The van der Waals surface area contributed by atoms with Crippen LogP contribution in [-0.4, -0.2) is 20.9 Å². The molecule has 0 amide bonds. The van der Waals surface area contributed by atoms with Crippen LogP contribution < -0.4 is 0 Å². The second-order valence-corrected chi connectivity index (χ2v) is 4.39. The van der Waals surface area contributed by atoms with Gasteiger partial charge < -0.3 is 5.11 Å². The number of carboxylic acid groups (broad SMARTS) is 1. The van der Waals surface area contributed by atoms with Gasteiger partial charge in [0.1, 0.15) is 0 Å². The van der Waals surface area contributed by atoms with Gasteiger partial charge in [0.2, 0.25) is 0 Å². The van der Waals surface area contributed by atoms with Crippen LogP contribution >= 0.6 is 0 Å². The van der Waals surface area contributed by atoms with E-state index in [1.165, 1.54) is 0 Å². The van der Waals surface area contributed by atoms with E-state index in [0.29, 0.717) is 5.39 Å². The molecule has 0 saturated heterocycles. The third kappa shape index (κ3) is 1.78. The Balaban J connectivity index is 2.31. The number of aryl methyl sites for hydroxylation is 1. The fourth-order valence-electron chi connectivity index (χ4n) is 2.23. The van der Waals surface area contributed by atoms with Crippen LogP contribution in [0.15, 0.2) is 48.7 Å². The molecule has 4 heteroatoms. The first-order valence-corrected chi connectivity index (χ1v) is 5.94. The van der Waals surface area contributed by atoms with Crippen molar-refractivity contribution < 1.29 is 9.90 Å². The second kappa shape index (κ2) is 4.24. The lowest BCUT2D eigenvalue weighted by Gasteiger charge is -2.07. The number of fused-ring (bicyclic) bond motifs is 1. The van der Waals surface area contributed by atoms with Crippen LogP contribution in [0.25, 0.3) is 16.6 Å². The van der Waals surface area contributed by atoms with Crippen molar-refractivity contribution in [1.82, 2.24) is 9.78 Å². The van der Waals surface area contributed by atoms with Crippen molar-refractivity contribution in [2.24, 2.45) is 0 Å². The summed E-state index contributed by atoms with van der Waals surface area (Å²) in [4.78, 5) is 11.2. The molecule has 94 valence electrons. The van der Waals surface area contributed by atoms with E-state index in [0.717, 1.165) is 16.8 Å². The first-order valence-electron chi connectivity index (χ1n) is 5.94. The molecule has 0 unspecified atom stereocenters. The van der Waals surface area contributed by atoms with Gasteiger partial charge in [-0.1, -0.05) is 24.3 Å². The normalized spacial score (nSPS) is 10.8. The number of aromatic carboxylic acids is 1. The molecule has 0 bridgehead atoms. The lowest BCUT2D eigenvalue weighted by atomic mass is 10.1. The number of hydrogen-bond acceptors (Lipinski definition) is 2. The Bertz CT molecular complexity index is 775. The van der Waals surface area contributed by atoms with Crippen molar-refractivity contribution in [3.63, 3.8) is 0 Å². The Kier molecular flexibility index (Phi) is 2.56. The second-order valence-electron chi connectivity index (χ2n) is 4.39. The van der Waals surface area contributed by atoms with Gasteiger partial charge in [0.15, 0.2) is 0 Å². The summed E-state index contributed by atoms with van der Waals surface area (Å²) in [5.41, 5.74) is 3.12. The van der Waals surface area contributed by atoms with E-state index in [1.807, 2.05) is 37.3 Å². The lowest BCUT2D eigenvalue weighted by molar-refractivity contribution is 0.0699. The van der Waals surface area contributed by atoms with Crippen molar-refractivity contribution in [1.29, 1.82) is 0 Å². The number of para-hydroxylation sites is 1. The predicted octanol–water partition coefficient (Wildman–Crippen LogP) is 3.03. The van der Waals surface area contributed by atoms with Gasteiger partial charge in [0, 0.05) is 5.39 Å². The molecular formula is C15H12N2O2. The summed E-state index contributed by atoms with van der Waals surface area (Å²) >= 11 is 0. The lowest BCUT2D eigenvalue weighted by Crippen LogP contribution is -1.99. The van der Waals surface area contributed by atoms with Crippen molar-refractivity contribution >= 4 is 16.9 Å². The number of carbonyl (C=O) groups is 1. The maximum Gasteiger partial charge on any atom is 0.336 e. The highest BCUT2D eigenvalue weighted by molar-refractivity contribution is 6.02. The fraction of sp³-hybridized carbons (Fsp3) is 0.0667. The van der Waals surface area contributed by atoms with Gasteiger partial charge in [-0.3, -0.25) is 0 Å². The van der Waals surface area contributed by atoms with E-state index in [1.54, 1.807) is 23.0 Å². The van der Waals surface area contributed by atoms with Crippen molar-refractivity contribution in [3.05, 3.63) is 59.8 Å². The summed E-state index contributed by atoms with van der Waals surface area (Å²) in [6, 6.07) is 13.1. The monoisotopic (exact) mass is 252 g/mol. The Labute approximate surface area is 109 Å². The van der Waals surface area contributed by atoms with Crippen LogP contribution in [0.5, 0.6) is 0 Å². The summed E-state index contributed by atoms with van der Waals surface area (Å²) in [5.74, 6) is -0.935. The molecule has 0 saturated carbocycles. The molecule has 1 heterocycles. The van der Waals surface area contributed by atoms with Gasteiger partial charge in [0.25, 0.3) is 0 Å². The Morgan fingerprint density at radius 3 is 2.68 bits per heavy atom. The minimum atomic E-state index is -0.935. The highest BCUT2D eigenvalue weighted by atomic mass is 16.4. The van der Waals surface area contributed by atoms with Crippen LogP contribution in [0, 0.1) is 6.92 Å². The average molecular weight is 252 g/mol. The minimum absolute atomic E-state index is 0.275. The molecule has 0 fully saturated rings. The van der Waals surface area contributed by atoms with Gasteiger partial charge in [-0.2, -0.15) is 5.10 Å². The first-order chi connectivity index (χ1) is 9.18. The highest BCUT2D eigenvalue weighted by Gasteiger charge is 2.13. The maximum absolute atomic E-state index is 11.2. The third-order valence-corrected chi connectivity index (χ3v) is 3.19. The maximum atomic E-state index is 11.2. The van der Waals surface area contributed by atoms with E-state index >= 15 is 0 Å². The average Bonchev–Trinajstić information content (AvgIpc) is 2.82. The molecular weight excluding hydrogens is 240 g/mol. The van der Waals surface area contributed by atoms with Crippen LogP contribution in [0.3, 0.4) is 0 Å². The van der Waals surface area contributed by atoms with Crippen molar-refractivity contribution in [2.45, 2.75) is 6.92 Å². The third-order valence-electron chi connectivity index (χ3n) is 3.19. The Hall–Kier alpha value is -2.62. The van der Waals surface area contributed by atoms with Gasteiger partial charge in [-0.25, -0.2) is 9.48 Å². The first kappa shape index (κ1) is 11.5. The molecule has 0 aliphatic carbocycles. The number of rotatable bonds is 2. The largest absolute Gasteiger partial charge is 0.478 e. The summed E-state index contributed by atoms with van der Waals surface area (Å²) in [7, 11) is 0. The van der Waals surface area contributed by atoms with E-state index in [2.05, 4.69) is 5.10 Å². The highest BCUT2D eigenvalue weighted by Crippen LogP contribution is 2.23. The van der Waals surface area contributed by atoms with E-state index in [4.69, 9.17) is 0 Å². The molecule has 19 heavy (non-hydrogen) atoms. The van der Waals surface area contributed by atoms with Crippen molar-refractivity contribution in [3.8, 4) is 5.69 Å². The molecule has 0 atom stereocenters. The molecule has 1 aromatic heterocycles. The smallest absolute Gasteiger partial charge is 0.336 e. The summed E-state index contributed by atoms with van der Waals surface area (Å²) in [6.45, 7) is 2.00. The van der Waals surface area contributed by atoms with Gasteiger partial charge >= 0.3 is 5.97 Å². The topological polar surface area (TPSA) is 55.1 Å². The van der Waals surface area contributed by atoms with Crippen molar-refractivity contribution in [2.75, 3.05) is 0 Å². The molecule has 0 aliphatic rings. The van der Waals surface area contributed by atoms with E-state index < -0.39 is 5.97 Å². The molecule has 1 N–H and O–H groups in total. The Morgan fingerprint density at radius 2 is 1.95 bits per heavy atom. The van der Waals surface area contributed by atoms with E-state index in [9.17, 15) is 9.90 Å². The number of carboxylic acids is 1. The van der Waals surface area contributed by atoms with Crippen LogP contribution in [0.2, 0.25) is 0 Å². The standard InChI is InChI=1S/C15H12N2O2/c1-10-5-2-3-7-13(10)17-14-8-4-6-11(15(18)19)12(14)9-16-17/h2-9H,1H3,(H,18,19). The molecule has 2 aromatic carbocycles. The molecule has 0 spiro atoms. The quantitative estimate of drug-likeness (QED) is 0.762. The Morgan fingerprint density at radius 1 is 1.16 bits per heavy atom. The summed E-state index contributed by atoms with van der Waals surface area (Å²) < 4.78 is 1.77. The summed E-state index contributed by atoms with van der Waals surface area (Å²) in [5, 5.41) is 14.2. The fourth-order valence-corrected chi connectivity index (χ4v) is 2.23. The van der Waals surface area contributed by atoms with Crippen LogP contribution in [0.1, 0.15) is 15.9 Å². The number of nitrogens with zero attached hydrogens (tertiary/aromatic N) is 2. The van der Waals surface area contributed by atoms with Gasteiger partial charge in [0.05, 0.1) is 23.0 Å². The van der Waals surface area contributed by atoms with E-state index in [-0.39, 0.29) is 5.56 Å². The van der Waals surface area contributed by atoms with Gasteiger partial charge in [-0.15, -0.1) is 0 Å². The zero-order chi connectivity index (χ0) is 13.4. The molecule has 3 aromatic rings. The van der Waals surface area contributed by atoms with Crippen LogP contribution in [-0.2, 0) is 0 Å². The summed E-state index contributed by atoms with van der Waals surface area (Å²) in [6.07, 6.45) is 1.60. The predicted molar refractivity (Wildman–Crippen MR) is 72.8 cm³/mol. The SMILES string of the molecule is Cc1ccccc1-n1ncc2c(C(=O)O)cccc21. The molecule has 0 radical (unpaired) electrons. The molecule has 4 nitrogen and oxygen atoms in total. The van der Waals surface area contributed by atoms with Crippen LogP contribution in [0.4, 0.5) is 0 Å². The zero-order valence-corrected chi connectivity index (χ0v) is 10.4.